The van der Waals surface area contributed by atoms with Crippen LogP contribution in [0.15, 0.2) is 29.8 Å². The lowest BCUT2D eigenvalue weighted by atomic mass is 10.1. The molecule has 1 aromatic heterocycles. The van der Waals surface area contributed by atoms with Crippen LogP contribution in [0.3, 0.4) is 0 Å². The molecule has 0 spiro atoms. The van der Waals surface area contributed by atoms with E-state index in [0.717, 1.165) is 17.7 Å². The van der Waals surface area contributed by atoms with Crippen LogP contribution in [-0.2, 0) is 6.54 Å². The average Bonchev–Trinajstić information content (AvgIpc) is 2.95. The summed E-state index contributed by atoms with van der Waals surface area (Å²) < 4.78 is 3.08. The summed E-state index contributed by atoms with van der Waals surface area (Å²) in [6.07, 6.45) is 7.38. The van der Waals surface area contributed by atoms with Gasteiger partial charge in [-0.1, -0.05) is 23.8 Å². The van der Waals surface area contributed by atoms with Crippen molar-refractivity contribution in [2.45, 2.75) is 39.2 Å². The maximum absolute atomic E-state index is 5.44. The van der Waals surface area contributed by atoms with Gasteiger partial charge in [0.15, 0.2) is 4.77 Å². The van der Waals surface area contributed by atoms with Crippen molar-refractivity contribution in [2.24, 2.45) is 0 Å². The summed E-state index contributed by atoms with van der Waals surface area (Å²) in [4.78, 5) is 3.33. The molecule has 94 valence electrons. The van der Waals surface area contributed by atoms with Gasteiger partial charge in [-0.15, -0.1) is 0 Å². The number of para-hydroxylation sites is 1. The summed E-state index contributed by atoms with van der Waals surface area (Å²) in [5.74, 6) is 0. The summed E-state index contributed by atoms with van der Waals surface area (Å²) in [6.45, 7) is 3.12. The third-order valence-corrected chi connectivity index (χ3v) is 4.13. The van der Waals surface area contributed by atoms with Crippen LogP contribution in [0.4, 0.5) is 0 Å². The second kappa shape index (κ2) is 4.73. The number of aromatic amines is 1. The highest BCUT2D eigenvalue weighted by Crippen LogP contribution is 2.23. The van der Waals surface area contributed by atoms with E-state index in [2.05, 4.69) is 40.7 Å². The van der Waals surface area contributed by atoms with E-state index in [4.69, 9.17) is 12.2 Å². The van der Waals surface area contributed by atoms with Crippen LogP contribution in [0.1, 0.15) is 31.2 Å². The minimum atomic E-state index is 0.845. The fourth-order valence-electron chi connectivity index (χ4n) is 2.77. The van der Waals surface area contributed by atoms with E-state index in [1.807, 2.05) is 0 Å². The van der Waals surface area contributed by atoms with Gasteiger partial charge >= 0.3 is 0 Å². The largest absolute Gasteiger partial charge is 0.330 e. The van der Waals surface area contributed by atoms with Crippen molar-refractivity contribution < 1.29 is 0 Å². The van der Waals surface area contributed by atoms with E-state index >= 15 is 0 Å². The molecule has 0 aliphatic heterocycles. The zero-order valence-corrected chi connectivity index (χ0v) is 11.5. The van der Waals surface area contributed by atoms with Crippen molar-refractivity contribution in [1.82, 2.24) is 9.55 Å². The van der Waals surface area contributed by atoms with Crippen LogP contribution < -0.4 is 0 Å². The molecule has 0 fully saturated rings. The van der Waals surface area contributed by atoms with Crippen LogP contribution in [-0.4, -0.2) is 9.55 Å². The maximum atomic E-state index is 5.44. The molecule has 0 saturated heterocycles. The Kier molecular flexibility index (Phi) is 3.08. The van der Waals surface area contributed by atoms with Crippen LogP contribution in [0.2, 0.25) is 0 Å². The smallest absolute Gasteiger partial charge is 0.178 e. The van der Waals surface area contributed by atoms with Gasteiger partial charge < -0.3 is 9.55 Å². The Hall–Kier alpha value is -1.35. The summed E-state index contributed by atoms with van der Waals surface area (Å²) in [7, 11) is 0. The molecular weight excluding hydrogens is 240 g/mol. The molecule has 18 heavy (non-hydrogen) atoms. The minimum Gasteiger partial charge on any atom is -0.330 e. The van der Waals surface area contributed by atoms with Crippen molar-refractivity contribution in [2.75, 3.05) is 0 Å². The molecule has 1 aliphatic rings. The Bertz CT molecular complexity index is 661. The van der Waals surface area contributed by atoms with Gasteiger partial charge in [-0.25, -0.2) is 0 Å². The molecule has 0 unspecified atom stereocenters. The zero-order valence-electron chi connectivity index (χ0n) is 10.7. The predicted molar refractivity (Wildman–Crippen MR) is 78.4 cm³/mol. The second-order valence-corrected chi connectivity index (χ2v) is 5.44. The number of rotatable bonds is 3. The number of hydrogen-bond acceptors (Lipinski definition) is 1. The lowest BCUT2D eigenvalue weighted by Crippen LogP contribution is -1.98. The predicted octanol–water partition coefficient (Wildman–Crippen LogP) is 4.51. The van der Waals surface area contributed by atoms with Crippen LogP contribution in [0.5, 0.6) is 0 Å². The average molecular weight is 258 g/mol. The fraction of sp³-hybridized carbons (Fsp3) is 0.400. The number of nitrogens with zero attached hydrogens (tertiary/aromatic N) is 1. The monoisotopic (exact) mass is 258 g/mol. The molecule has 3 heteroatoms. The van der Waals surface area contributed by atoms with Crippen molar-refractivity contribution in [3.05, 3.63) is 40.2 Å². The van der Waals surface area contributed by atoms with Crippen molar-refractivity contribution in [3.8, 4) is 0 Å². The first-order chi connectivity index (χ1) is 8.75. The summed E-state index contributed by atoms with van der Waals surface area (Å²) >= 11 is 5.44. The Morgan fingerprint density at radius 2 is 2.28 bits per heavy atom. The molecule has 2 nitrogen and oxygen atoms in total. The van der Waals surface area contributed by atoms with E-state index in [0.29, 0.717) is 0 Å². The van der Waals surface area contributed by atoms with Gasteiger partial charge in [0.05, 0.1) is 11.0 Å². The van der Waals surface area contributed by atoms with E-state index in [9.17, 15) is 0 Å². The number of H-pyrrole nitrogens is 1. The molecule has 0 atom stereocenters. The zero-order chi connectivity index (χ0) is 12.5. The molecule has 1 aliphatic carbocycles. The minimum absolute atomic E-state index is 0.845. The number of fused-ring (bicyclic) bond motifs is 1. The number of aromatic nitrogens is 2. The molecule has 0 amide bonds. The molecule has 1 aromatic carbocycles. The van der Waals surface area contributed by atoms with Gasteiger partial charge in [-0.3, -0.25) is 0 Å². The number of allylic oxidation sites excluding steroid dienone is 2. The lowest BCUT2D eigenvalue weighted by Gasteiger charge is -2.05. The summed E-state index contributed by atoms with van der Waals surface area (Å²) in [6, 6.07) is 6.38. The van der Waals surface area contributed by atoms with E-state index in [1.165, 1.54) is 35.9 Å². The Morgan fingerprint density at radius 3 is 3.06 bits per heavy atom. The fourth-order valence-corrected chi connectivity index (χ4v) is 3.06. The topological polar surface area (TPSA) is 20.7 Å². The first kappa shape index (κ1) is 11.7. The highest BCUT2D eigenvalue weighted by Gasteiger charge is 2.08. The normalized spacial score (nSPS) is 15.3. The Morgan fingerprint density at radius 1 is 1.39 bits per heavy atom. The lowest BCUT2D eigenvalue weighted by molar-refractivity contribution is 0.688. The summed E-state index contributed by atoms with van der Waals surface area (Å²) in [5.41, 5.74) is 5.28. The molecule has 0 radical (unpaired) electrons. The van der Waals surface area contributed by atoms with Crippen molar-refractivity contribution in [3.63, 3.8) is 0 Å². The maximum Gasteiger partial charge on any atom is 0.178 e. The van der Waals surface area contributed by atoms with Crippen LogP contribution in [0, 0.1) is 11.7 Å². The number of imidazole rings is 1. The van der Waals surface area contributed by atoms with Gasteiger partial charge in [0.2, 0.25) is 0 Å². The molecule has 0 saturated carbocycles. The van der Waals surface area contributed by atoms with E-state index in [1.54, 1.807) is 5.57 Å². The van der Waals surface area contributed by atoms with Gasteiger partial charge in [0.25, 0.3) is 0 Å². The number of benzene rings is 1. The quantitative estimate of drug-likeness (QED) is 0.634. The van der Waals surface area contributed by atoms with Gasteiger partial charge in [-0.05, 0) is 56.5 Å². The van der Waals surface area contributed by atoms with Gasteiger partial charge in [0, 0.05) is 6.54 Å². The van der Waals surface area contributed by atoms with E-state index in [-0.39, 0.29) is 0 Å². The molecule has 0 bridgehead atoms. The first-order valence-electron chi connectivity index (χ1n) is 6.62. The molecule has 1 N–H and O–H groups in total. The standard InChI is InChI=1S/C15H18N2S/c1-11-5-4-8-13-14(11)16-15(18)17(13)10-9-12-6-2-3-7-12/h4-6,8H,2-3,7,9-10H2,1H3,(H,16,18). The molecule has 3 rings (SSSR count). The highest BCUT2D eigenvalue weighted by molar-refractivity contribution is 7.71. The Labute approximate surface area is 112 Å². The second-order valence-electron chi connectivity index (χ2n) is 5.06. The third kappa shape index (κ3) is 2.03. The molecule has 2 aromatic rings. The molecular formula is C15H18N2S. The van der Waals surface area contributed by atoms with Gasteiger partial charge in [0.1, 0.15) is 0 Å². The van der Waals surface area contributed by atoms with Crippen LogP contribution >= 0.6 is 12.2 Å². The number of nitrogens with one attached hydrogen (secondary N) is 1. The van der Waals surface area contributed by atoms with Crippen LogP contribution in [0.25, 0.3) is 11.0 Å². The highest BCUT2D eigenvalue weighted by atomic mass is 32.1. The number of hydrogen-bond donors (Lipinski definition) is 1. The summed E-state index contributed by atoms with van der Waals surface area (Å²) in [5, 5.41) is 0. The first-order valence-corrected chi connectivity index (χ1v) is 7.02. The van der Waals surface area contributed by atoms with Crippen molar-refractivity contribution >= 4 is 23.3 Å². The third-order valence-electron chi connectivity index (χ3n) is 3.81. The van der Waals surface area contributed by atoms with Gasteiger partial charge in [-0.2, -0.15) is 0 Å². The Balaban J connectivity index is 1.93. The van der Waals surface area contributed by atoms with Crippen molar-refractivity contribution in [1.29, 1.82) is 0 Å². The SMILES string of the molecule is Cc1cccc2c1[nH]c(=S)n2CCC1=CCCC1. The van der Waals surface area contributed by atoms with E-state index < -0.39 is 0 Å². The molecule has 1 heterocycles. The number of aryl methyl sites for hydroxylation is 2.